The van der Waals surface area contributed by atoms with Gasteiger partial charge in [0.05, 0.1) is 11.1 Å². The predicted octanol–water partition coefficient (Wildman–Crippen LogP) is 14.2. The fraction of sp³-hybridized carbons (Fsp3) is 0.172. The van der Waals surface area contributed by atoms with Crippen LogP contribution in [0.1, 0.15) is 79.5 Å². The molecule has 0 amide bonds. The van der Waals surface area contributed by atoms with E-state index >= 15 is 0 Å². The average molecular weight is 814 g/mol. The van der Waals surface area contributed by atoms with Gasteiger partial charge in [-0.3, -0.25) is 0 Å². The second-order valence-corrected chi connectivity index (χ2v) is 20.5. The third kappa shape index (κ3) is 4.76. The number of hydrogen-bond donors (Lipinski definition) is 1. The number of nitrogens with zero attached hydrogens (tertiary/aromatic N) is 1. The lowest BCUT2D eigenvalue weighted by atomic mass is 9.54. The summed E-state index contributed by atoms with van der Waals surface area (Å²) in [5.41, 5.74) is 23.1. The minimum Gasteiger partial charge on any atom is -0.355 e. The number of hydrogen-bond acceptors (Lipinski definition) is 3. The Morgan fingerprint density at radius 2 is 1.23 bits per heavy atom. The van der Waals surface area contributed by atoms with Crippen molar-refractivity contribution in [2.75, 3.05) is 10.2 Å². The molecule has 0 bridgehead atoms. The molecule has 3 heterocycles. The van der Waals surface area contributed by atoms with Crippen LogP contribution in [0, 0.1) is 6.92 Å². The maximum Gasteiger partial charge on any atom is 0.197 e. The Hall–Kier alpha value is -6.36. The van der Waals surface area contributed by atoms with E-state index < -0.39 is 5.41 Å². The van der Waals surface area contributed by atoms with Crippen LogP contribution < -0.4 is 21.1 Å². The molecule has 13 rings (SSSR count). The normalized spacial score (nSPS) is 16.5. The molecule has 62 heavy (non-hydrogen) atoms. The van der Waals surface area contributed by atoms with E-state index in [9.17, 15) is 0 Å². The number of fused-ring (bicyclic) bond motifs is 15. The molecule has 0 unspecified atom stereocenters. The van der Waals surface area contributed by atoms with E-state index in [1.807, 2.05) is 11.3 Å². The molecule has 2 aliphatic carbocycles. The van der Waals surface area contributed by atoms with Crippen LogP contribution in [0.25, 0.3) is 42.4 Å². The highest BCUT2D eigenvalue weighted by molar-refractivity contribution is 7.26. The van der Waals surface area contributed by atoms with E-state index in [0.717, 1.165) is 11.4 Å². The monoisotopic (exact) mass is 813 g/mol. The van der Waals surface area contributed by atoms with Crippen molar-refractivity contribution >= 4 is 78.2 Å². The minimum atomic E-state index is -0.442. The van der Waals surface area contributed by atoms with Crippen LogP contribution in [0.3, 0.4) is 0 Å². The second kappa shape index (κ2) is 12.6. The van der Waals surface area contributed by atoms with Crippen molar-refractivity contribution in [1.82, 2.24) is 0 Å². The van der Waals surface area contributed by atoms with Crippen LogP contribution in [0.15, 0.2) is 158 Å². The first-order valence-electron chi connectivity index (χ1n) is 22.2. The lowest BCUT2D eigenvalue weighted by Crippen LogP contribution is -2.47. The van der Waals surface area contributed by atoms with Crippen molar-refractivity contribution in [1.29, 1.82) is 0 Å². The van der Waals surface area contributed by atoms with Gasteiger partial charge in [-0.15, -0.1) is 11.3 Å². The van der Waals surface area contributed by atoms with Gasteiger partial charge in [-0.2, -0.15) is 0 Å². The Morgan fingerprint density at radius 3 is 2.02 bits per heavy atom. The first kappa shape index (κ1) is 36.3. The molecule has 2 aliphatic heterocycles. The lowest BCUT2D eigenvalue weighted by Gasteiger charge is -2.48. The molecule has 1 N–H and O–H groups in total. The van der Waals surface area contributed by atoms with E-state index in [4.69, 9.17) is 0 Å². The predicted molar refractivity (Wildman–Crippen MR) is 265 cm³/mol. The molecule has 8 aromatic carbocycles. The summed E-state index contributed by atoms with van der Waals surface area (Å²) in [6.45, 7) is 11.9. The highest BCUT2D eigenvalue weighted by Gasteiger charge is 2.53. The van der Waals surface area contributed by atoms with Crippen molar-refractivity contribution in [3.8, 4) is 22.3 Å². The molecule has 4 heteroatoms. The summed E-state index contributed by atoms with van der Waals surface area (Å²) in [5, 5.41) is 6.67. The maximum absolute atomic E-state index is 4.06. The zero-order valence-electron chi connectivity index (χ0n) is 35.9. The van der Waals surface area contributed by atoms with Crippen molar-refractivity contribution in [3.05, 3.63) is 197 Å². The minimum absolute atomic E-state index is 0.115. The summed E-state index contributed by atoms with van der Waals surface area (Å²) < 4.78 is 2.63. The van der Waals surface area contributed by atoms with E-state index in [-0.39, 0.29) is 10.8 Å². The summed E-state index contributed by atoms with van der Waals surface area (Å²) in [7, 11) is 2.49. The van der Waals surface area contributed by atoms with Crippen molar-refractivity contribution in [2.24, 2.45) is 0 Å². The molecule has 1 radical (unpaired) electrons. The van der Waals surface area contributed by atoms with Gasteiger partial charge in [-0.25, -0.2) is 0 Å². The average Bonchev–Trinajstić information content (AvgIpc) is 3.81. The van der Waals surface area contributed by atoms with Gasteiger partial charge < -0.3 is 10.2 Å². The summed E-state index contributed by atoms with van der Waals surface area (Å²) in [6, 6.07) is 60.0. The Labute approximate surface area is 369 Å². The molecular weight excluding hydrogens is 768 g/mol. The number of anilines is 5. The molecule has 1 spiro atoms. The van der Waals surface area contributed by atoms with Crippen LogP contribution in [0.4, 0.5) is 28.4 Å². The fourth-order valence-corrected chi connectivity index (χ4v) is 13.3. The summed E-state index contributed by atoms with van der Waals surface area (Å²) in [4.78, 5) is 2.60. The molecule has 4 aliphatic rings. The SMILES string of the molecule is Cc1cc(-c2c(Nc3ccc4c(c3)C(C)(C)CCC4(C)C)ccc3c2sc2ccccc23)c2c(c1)N1c3ccccc3C3(c4ccccc4-c4ccccc43)c3cccc(c31)[B]2. The standard InChI is InChI=1S/C58H46BN2S/c1-34-31-40(52-48(28-26-39-38-17-8-13-24-51(38)62-55(39)52)60-35-25-27-43-46(33-35)57(4,5)30-29-56(43,2)3)53-50(32-34)61-49-23-12-11-20-44(49)58(45-21-14-22-47(59-53)54(45)61)41-18-9-6-15-36(41)37-16-7-10-19-42(37)58/h6-28,31-33,60H,29-30H2,1-5H3. The molecule has 1 aromatic heterocycles. The molecule has 0 fully saturated rings. The Balaban J connectivity index is 1.06. The van der Waals surface area contributed by atoms with Gasteiger partial charge in [-0.05, 0) is 128 Å². The van der Waals surface area contributed by atoms with Crippen LogP contribution in [-0.2, 0) is 16.2 Å². The van der Waals surface area contributed by atoms with E-state index in [0.29, 0.717) is 0 Å². The van der Waals surface area contributed by atoms with E-state index in [1.54, 1.807) is 0 Å². The van der Waals surface area contributed by atoms with Gasteiger partial charge in [0.25, 0.3) is 0 Å². The smallest absolute Gasteiger partial charge is 0.197 e. The molecule has 2 nitrogen and oxygen atoms in total. The lowest BCUT2D eigenvalue weighted by molar-refractivity contribution is 0.332. The molecular formula is C58H46BN2S. The number of thiophene rings is 1. The van der Waals surface area contributed by atoms with Crippen molar-refractivity contribution in [3.63, 3.8) is 0 Å². The first-order chi connectivity index (χ1) is 30.1. The quantitative estimate of drug-likeness (QED) is 0.179. The topological polar surface area (TPSA) is 15.3 Å². The van der Waals surface area contributed by atoms with Crippen LogP contribution in [0.2, 0.25) is 0 Å². The van der Waals surface area contributed by atoms with Crippen LogP contribution in [0.5, 0.6) is 0 Å². The maximum atomic E-state index is 4.06. The van der Waals surface area contributed by atoms with Gasteiger partial charge >= 0.3 is 0 Å². The Kier molecular flexibility index (Phi) is 7.39. The highest BCUT2D eigenvalue weighted by atomic mass is 32.1. The number of nitrogens with one attached hydrogen (secondary N) is 1. The summed E-state index contributed by atoms with van der Waals surface area (Å²) >= 11 is 1.91. The summed E-state index contributed by atoms with van der Waals surface area (Å²) in [5.74, 6) is 0. The fourth-order valence-electron chi connectivity index (χ4n) is 12.0. The molecule has 0 saturated heterocycles. The molecule has 297 valence electrons. The number of benzene rings is 8. The van der Waals surface area contributed by atoms with E-state index in [1.165, 1.54) is 122 Å². The van der Waals surface area contributed by atoms with Gasteiger partial charge in [-0.1, -0.05) is 154 Å². The molecule has 0 saturated carbocycles. The third-order valence-electron chi connectivity index (χ3n) is 15.0. The van der Waals surface area contributed by atoms with Crippen molar-refractivity contribution < 1.29 is 0 Å². The number of para-hydroxylation sites is 2. The van der Waals surface area contributed by atoms with E-state index in [2.05, 4.69) is 210 Å². The zero-order chi connectivity index (χ0) is 41.7. The van der Waals surface area contributed by atoms with Crippen LogP contribution >= 0.6 is 11.3 Å². The molecule has 9 aromatic rings. The second-order valence-electron chi connectivity index (χ2n) is 19.4. The largest absolute Gasteiger partial charge is 0.355 e. The third-order valence-corrected chi connectivity index (χ3v) is 16.2. The Morgan fingerprint density at radius 1 is 0.548 bits per heavy atom. The van der Waals surface area contributed by atoms with Gasteiger partial charge in [0.2, 0.25) is 0 Å². The first-order valence-corrected chi connectivity index (χ1v) is 23.0. The van der Waals surface area contributed by atoms with Gasteiger partial charge in [0.1, 0.15) is 0 Å². The molecule has 0 atom stereocenters. The summed E-state index contributed by atoms with van der Waals surface area (Å²) in [6.07, 6.45) is 2.39. The Bertz CT molecular complexity index is 3360. The van der Waals surface area contributed by atoms with Crippen LogP contribution in [-0.4, -0.2) is 7.28 Å². The zero-order valence-corrected chi connectivity index (χ0v) is 36.7. The van der Waals surface area contributed by atoms with Crippen molar-refractivity contribution in [2.45, 2.75) is 63.7 Å². The highest BCUT2D eigenvalue weighted by Crippen LogP contribution is 2.63. The van der Waals surface area contributed by atoms with Gasteiger partial charge in [0.15, 0.2) is 7.28 Å². The van der Waals surface area contributed by atoms with Gasteiger partial charge in [0, 0.05) is 48.5 Å². The number of aryl methyl sites for hydroxylation is 1. The number of rotatable bonds is 3.